The molecule has 0 saturated carbocycles. The molecule has 0 aliphatic carbocycles. The molecular weight excluding hydrogens is 254 g/mol. The number of hydrogen-bond donors (Lipinski definition) is 1. The molecule has 2 aromatic heterocycles. The minimum Gasteiger partial charge on any atom is -0.465 e. The summed E-state index contributed by atoms with van der Waals surface area (Å²) in [5.74, 6) is 0.446. The largest absolute Gasteiger partial charge is 0.465 e. The van der Waals surface area contributed by atoms with Crippen molar-refractivity contribution < 1.29 is 9.53 Å². The number of aromatic nitrogens is 3. The monoisotopic (exact) mass is 275 g/mol. The van der Waals surface area contributed by atoms with Gasteiger partial charge in [0.1, 0.15) is 11.7 Å². The first-order valence-corrected chi connectivity index (χ1v) is 7.00. The topological polar surface area (TPSA) is 67.9 Å². The molecule has 1 atom stereocenters. The van der Waals surface area contributed by atoms with Gasteiger partial charge in [-0.15, -0.1) is 0 Å². The number of rotatable bonds is 5. The van der Waals surface area contributed by atoms with Gasteiger partial charge in [0.05, 0.1) is 12.1 Å². The Bertz CT molecular complexity index is 604. The molecule has 2 heterocycles. The number of fused-ring (bicyclic) bond motifs is 1. The normalized spacial score (nSPS) is 12.8. The summed E-state index contributed by atoms with van der Waals surface area (Å²) >= 11 is 0. The van der Waals surface area contributed by atoms with Gasteiger partial charge in [-0.1, -0.05) is 13.8 Å². The highest BCUT2D eigenvalue weighted by atomic mass is 16.5. The van der Waals surface area contributed by atoms with E-state index in [4.69, 9.17) is 4.74 Å². The number of aryl methyl sites for hydroxylation is 1. The van der Waals surface area contributed by atoms with Crippen molar-refractivity contribution in [2.24, 2.45) is 5.92 Å². The van der Waals surface area contributed by atoms with E-state index in [0.29, 0.717) is 30.4 Å². The predicted molar refractivity (Wildman–Crippen MR) is 77.5 cm³/mol. The van der Waals surface area contributed by atoms with Crippen molar-refractivity contribution in [3.63, 3.8) is 0 Å². The van der Waals surface area contributed by atoms with Gasteiger partial charge in [0, 0.05) is 6.20 Å². The van der Waals surface area contributed by atoms with E-state index in [2.05, 4.69) is 28.8 Å². The molecule has 5 nitrogen and oxygen atoms in total. The quantitative estimate of drug-likeness (QED) is 0.852. The number of nitrogens with zero attached hydrogens (tertiary/aromatic N) is 2. The van der Waals surface area contributed by atoms with Gasteiger partial charge >= 0.3 is 5.97 Å². The number of nitrogens with one attached hydrogen (secondary N) is 1. The van der Waals surface area contributed by atoms with E-state index in [1.807, 2.05) is 19.9 Å². The first-order chi connectivity index (χ1) is 9.52. The lowest BCUT2D eigenvalue weighted by Crippen LogP contribution is -2.19. The number of carbonyl (C=O) groups is 1. The summed E-state index contributed by atoms with van der Waals surface area (Å²) in [5, 5.41) is 0. The first kappa shape index (κ1) is 14.5. The average molecular weight is 275 g/mol. The van der Waals surface area contributed by atoms with E-state index in [1.54, 1.807) is 6.20 Å². The Morgan fingerprint density at radius 3 is 2.80 bits per heavy atom. The molecule has 108 valence electrons. The maximum Gasteiger partial charge on any atom is 0.316 e. The van der Waals surface area contributed by atoms with Gasteiger partial charge in [-0.2, -0.15) is 0 Å². The molecule has 2 rings (SSSR count). The molecule has 2 aromatic rings. The molecule has 1 N–H and O–H groups in total. The number of pyridine rings is 1. The van der Waals surface area contributed by atoms with E-state index in [1.165, 1.54) is 0 Å². The van der Waals surface area contributed by atoms with Gasteiger partial charge in [0.25, 0.3) is 0 Å². The third-order valence-electron chi connectivity index (χ3n) is 3.23. The third kappa shape index (κ3) is 2.98. The molecule has 0 aromatic carbocycles. The van der Waals surface area contributed by atoms with Gasteiger partial charge in [-0.05, 0) is 37.8 Å². The van der Waals surface area contributed by atoms with E-state index < -0.39 is 0 Å². The number of imidazole rings is 1. The van der Waals surface area contributed by atoms with E-state index >= 15 is 0 Å². The van der Waals surface area contributed by atoms with Crippen LogP contribution in [0.25, 0.3) is 11.2 Å². The Balaban J connectivity index is 2.39. The molecule has 0 amide bonds. The maximum atomic E-state index is 12.1. The van der Waals surface area contributed by atoms with Crippen LogP contribution in [0, 0.1) is 12.8 Å². The smallest absolute Gasteiger partial charge is 0.316 e. The SMILES string of the molecule is CCOC(=O)C(CC(C)C)c1nc2nccc(C)c2[nH]1. The van der Waals surface area contributed by atoms with Crippen LogP contribution in [-0.4, -0.2) is 27.5 Å². The number of H-pyrrole nitrogens is 1. The van der Waals surface area contributed by atoms with Crippen LogP contribution in [0.2, 0.25) is 0 Å². The van der Waals surface area contributed by atoms with Crippen molar-refractivity contribution in [2.45, 2.75) is 40.0 Å². The van der Waals surface area contributed by atoms with Gasteiger partial charge < -0.3 is 9.72 Å². The van der Waals surface area contributed by atoms with E-state index in [-0.39, 0.29) is 11.9 Å². The van der Waals surface area contributed by atoms with Crippen molar-refractivity contribution in [1.82, 2.24) is 15.0 Å². The third-order valence-corrected chi connectivity index (χ3v) is 3.23. The molecule has 20 heavy (non-hydrogen) atoms. The summed E-state index contributed by atoms with van der Waals surface area (Å²) in [5.41, 5.74) is 2.61. The molecule has 0 bridgehead atoms. The van der Waals surface area contributed by atoms with Crippen LogP contribution in [0.3, 0.4) is 0 Å². The molecule has 0 spiro atoms. The lowest BCUT2D eigenvalue weighted by Gasteiger charge is -2.15. The van der Waals surface area contributed by atoms with Crippen LogP contribution in [0.5, 0.6) is 0 Å². The second kappa shape index (κ2) is 6.03. The molecule has 0 aliphatic rings. The fourth-order valence-corrected chi connectivity index (χ4v) is 2.25. The number of carbonyl (C=O) groups excluding carboxylic acids is 1. The van der Waals surface area contributed by atoms with Crippen molar-refractivity contribution in [3.8, 4) is 0 Å². The van der Waals surface area contributed by atoms with Gasteiger partial charge in [-0.25, -0.2) is 9.97 Å². The molecule has 0 saturated heterocycles. The van der Waals surface area contributed by atoms with Crippen LogP contribution < -0.4 is 0 Å². The summed E-state index contributed by atoms with van der Waals surface area (Å²) in [6.45, 7) is 8.35. The summed E-state index contributed by atoms with van der Waals surface area (Å²) in [6.07, 6.45) is 2.43. The Kier molecular flexibility index (Phi) is 4.37. The number of aromatic amines is 1. The zero-order valence-corrected chi connectivity index (χ0v) is 12.4. The minimum atomic E-state index is -0.358. The highest BCUT2D eigenvalue weighted by Crippen LogP contribution is 2.25. The highest BCUT2D eigenvalue weighted by Gasteiger charge is 2.26. The number of hydrogen-bond acceptors (Lipinski definition) is 4. The summed E-state index contributed by atoms with van der Waals surface area (Å²) < 4.78 is 5.17. The average Bonchev–Trinajstić information content (AvgIpc) is 2.81. The van der Waals surface area contributed by atoms with E-state index in [9.17, 15) is 4.79 Å². The molecular formula is C15H21N3O2. The van der Waals surface area contributed by atoms with Crippen LogP contribution >= 0.6 is 0 Å². The molecule has 1 unspecified atom stereocenters. The molecule has 0 fully saturated rings. The van der Waals surface area contributed by atoms with Crippen LogP contribution in [0.1, 0.15) is 44.5 Å². The highest BCUT2D eigenvalue weighted by molar-refractivity contribution is 5.80. The van der Waals surface area contributed by atoms with Crippen LogP contribution in [0.15, 0.2) is 12.3 Å². The number of ether oxygens (including phenoxy) is 1. The maximum absolute atomic E-state index is 12.1. The van der Waals surface area contributed by atoms with E-state index in [0.717, 1.165) is 11.1 Å². The van der Waals surface area contributed by atoms with Gasteiger partial charge in [0.2, 0.25) is 0 Å². The van der Waals surface area contributed by atoms with Gasteiger partial charge in [0.15, 0.2) is 5.65 Å². The van der Waals surface area contributed by atoms with Crippen LogP contribution in [-0.2, 0) is 9.53 Å². The molecule has 0 aliphatic heterocycles. The summed E-state index contributed by atoms with van der Waals surface area (Å²) in [6, 6.07) is 1.92. The van der Waals surface area contributed by atoms with Crippen LogP contribution in [0.4, 0.5) is 0 Å². The first-order valence-electron chi connectivity index (χ1n) is 7.00. The Hall–Kier alpha value is -1.91. The zero-order valence-electron chi connectivity index (χ0n) is 12.4. The number of esters is 1. The second-order valence-electron chi connectivity index (χ2n) is 5.38. The zero-order chi connectivity index (χ0) is 14.7. The fourth-order valence-electron chi connectivity index (χ4n) is 2.25. The van der Waals surface area contributed by atoms with Crippen molar-refractivity contribution in [3.05, 3.63) is 23.7 Å². The van der Waals surface area contributed by atoms with Gasteiger partial charge in [-0.3, -0.25) is 4.79 Å². The molecule has 0 radical (unpaired) electrons. The predicted octanol–water partition coefficient (Wildman–Crippen LogP) is 2.96. The summed E-state index contributed by atoms with van der Waals surface area (Å²) in [4.78, 5) is 24.1. The fraction of sp³-hybridized carbons (Fsp3) is 0.533. The molecule has 5 heteroatoms. The second-order valence-corrected chi connectivity index (χ2v) is 5.38. The van der Waals surface area contributed by atoms with Crippen molar-refractivity contribution >= 4 is 17.1 Å². The lowest BCUT2D eigenvalue weighted by atomic mass is 9.96. The Morgan fingerprint density at radius 1 is 1.45 bits per heavy atom. The van der Waals surface area contributed by atoms with Crippen molar-refractivity contribution in [1.29, 1.82) is 0 Å². The Morgan fingerprint density at radius 2 is 2.20 bits per heavy atom. The van der Waals surface area contributed by atoms with Crippen molar-refractivity contribution in [2.75, 3.05) is 6.61 Å². The Labute approximate surface area is 118 Å². The lowest BCUT2D eigenvalue weighted by molar-refractivity contribution is -0.145. The summed E-state index contributed by atoms with van der Waals surface area (Å²) in [7, 11) is 0. The standard InChI is InChI=1S/C15H21N3O2/c1-5-20-15(19)11(8-9(2)3)13-17-12-10(4)6-7-16-14(12)18-13/h6-7,9,11H,5,8H2,1-4H3,(H,16,17,18). The minimum absolute atomic E-state index is 0.224.